The van der Waals surface area contributed by atoms with Crippen LogP contribution in [0.3, 0.4) is 0 Å². The first kappa shape index (κ1) is 16.9. The summed E-state index contributed by atoms with van der Waals surface area (Å²) in [6, 6.07) is 10.7. The van der Waals surface area contributed by atoms with E-state index in [0.717, 1.165) is 34.7 Å². The lowest BCUT2D eigenvalue weighted by molar-refractivity contribution is -0.140. The highest BCUT2D eigenvalue weighted by atomic mass is 32.1. The quantitative estimate of drug-likeness (QED) is 0.614. The second-order valence-corrected chi connectivity index (χ2v) is 7.60. The predicted molar refractivity (Wildman–Crippen MR) is 98.8 cm³/mol. The molecule has 1 atom stereocenters. The molecule has 2 aliphatic rings. The van der Waals surface area contributed by atoms with E-state index in [2.05, 4.69) is 11.0 Å². The molecule has 2 aliphatic heterocycles. The standard InChI is InChI=1S/C19H19N3O3S/c1-13-6-8-14(9-7-13)22-18(24)17(23)21(19(22)25)12-20-10-2-4-15(20)16-5-3-11-26-16/h3,5-9,11,15H,2,4,10,12H2,1H3/t15-/m0/s1. The van der Waals surface area contributed by atoms with Gasteiger partial charge in [-0.15, -0.1) is 11.3 Å². The molecule has 6 nitrogen and oxygen atoms in total. The Kier molecular flexibility index (Phi) is 4.34. The fourth-order valence-corrected chi connectivity index (χ4v) is 4.43. The fourth-order valence-electron chi connectivity index (χ4n) is 3.53. The number of nitrogens with zero attached hydrogens (tertiary/aromatic N) is 3. The fraction of sp³-hybridized carbons (Fsp3) is 0.316. The van der Waals surface area contributed by atoms with Crippen LogP contribution in [0.2, 0.25) is 0 Å². The number of carbonyl (C=O) groups is 3. The molecular weight excluding hydrogens is 350 g/mol. The monoisotopic (exact) mass is 369 g/mol. The first-order valence-corrected chi connectivity index (χ1v) is 9.48. The predicted octanol–water partition coefficient (Wildman–Crippen LogP) is 3.15. The van der Waals surface area contributed by atoms with Crippen LogP contribution in [0.1, 0.15) is 29.3 Å². The van der Waals surface area contributed by atoms with Gasteiger partial charge < -0.3 is 0 Å². The van der Waals surface area contributed by atoms with Crippen molar-refractivity contribution in [3.05, 3.63) is 52.2 Å². The topological polar surface area (TPSA) is 60.9 Å². The van der Waals surface area contributed by atoms with Crippen LogP contribution in [0.4, 0.5) is 10.5 Å². The highest BCUT2D eigenvalue weighted by Crippen LogP contribution is 2.35. The molecule has 1 aromatic carbocycles. The lowest BCUT2D eigenvalue weighted by atomic mass is 10.2. The molecule has 0 aliphatic carbocycles. The molecule has 0 unspecified atom stereocenters. The van der Waals surface area contributed by atoms with Crippen LogP contribution >= 0.6 is 11.3 Å². The first-order valence-electron chi connectivity index (χ1n) is 8.60. The lowest BCUT2D eigenvalue weighted by Gasteiger charge is -2.27. The molecule has 26 heavy (non-hydrogen) atoms. The van der Waals surface area contributed by atoms with Crippen molar-refractivity contribution in [2.75, 3.05) is 18.1 Å². The van der Waals surface area contributed by atoms with Crippen molar-refractivity contribution in [3.63, 3.8) is 0 Å². The Bertz CT molecular complexity index is 847. The van der Waals surface area contributed by atoms with Crippen molar-refractivity contribution in [1.82, 2.24) is 9.80 Å². The third kappa shape index (κ3) is 2.83. The average Bonchev–Trinajstić information content (AvgIpc) is 3.35. The van der Waals surface area contributed by atoms with Crippen molar-refractivity contribution in [2.24, 2.45) is 0 Å². The number of hydrogen-bond acceptors (Lipinski definition) is 5. The number of anilines is 1. The summed E-state index contributed by atoms with van der Waals surface area (Å²) in [5, 5.41) is 2.03. The Morgan fingerprint density at radius 2 is 1.85 bits per heavy atom. The molecule has 2 fully saturated rings. The molecule has 2 saturated heterocycles. The average molecular weight is 369 g/mol. The van der Waals surface area contributed by atoms with Crippen LogP contribution in [0, 0.1) is 6.92 Å². The Hall–Kier alpha value is -2.51. The van der Waals surface area contributed by atoms with E-state index in [-0.39, 0.29) is 12.7 Å². The number of likely N-dealkylation sites (tertiary alicyclic amines) is 1. The smallest absolute Gasteiger partial charge is 0.278 e. The maximum Gasteiger partial charge on any atom is 0.340 e. The summed E-state index contributed by atoms with van der Waals surface area (Å²) in [5.41, 5.74) is 1.45. The van der Waals surface area contributed by atoms with Crippen LogP contribution in [-0.4, -0.2) is 40.9 Å². The Morgan fingerprint density at radius 3 is 2.54 bits per heavy atom. The molecule has 3 heterocycles. The van der Waals surface area contributed by atoms with Crippen LogP contribution in [0.5, 0.6) is 0 Å². The van der Waals surface area contributed by atoms with Crippen LogP contribution in [0.25, 0.3) is 0 Å². The molecular formula is C19H19N3O3S. The van der Waals surface area contributed by atoms with E-state index >= 15 is 0 Å². The van der Waals surface area contributed by atoms with Crippen molar-refractivity contribution in [2.45, 2.75) is 25.8 Å². The molecule has 7 heteroatoms. The second-order valence-electron chi connectivity index (χ2n) is 6.62. The third-order valence-electron chi connectivity index (χ3n) is 4.90. The molecule has 4 rings (SSSR count). The molecule has 0 saturated carbocycles. The van der Waals surface area contributed by atoms with Crippen LogP contribution in [0.15, 0.2) is 41.8 Å². The minimum absolute atomic E-state index is 0.147. The van der Waals surface area contributed by atoms with Gasteiger partial charge in [-0.2, -0.15) is 0 Å². The van der Waals surface area contributed by atoms with Gasteiger partial charge in [-0.1, -0.05) is 23.8 Å². The molecule has 1 aromatic heterocycles. The van der Waals surface area contributed by atoms with Gasteiger partial charge in [-0.05, 0) is 43.3 Å². The number of thiophene rings is 1. The Labute approximate surface area is 155 Å². The van der Waals surface area contributed by atoms with Gasteiger partial charge in [0, 0.05) is 17.5 Å². The van der Waals surface area contributed by atoms with Gasteiger partial charge in [0.1, 0.15) is 0 Å². The van der Waals surface area contributed by atoms with Gasteiger partial charge in [-0.25, -0.2) is 14.6 Å². The maximum atomic E-state index is 12.8. The second kappa shape index (κ2) is 6.66. The summed E-state index contributed by atoms with van der Waals surface area (Å²) in [6.45, 7) is 2.87. The molecule has 2 aromatic rings. The van der Waals surface area contributed by atoms with Gasteiger partial charge in [0.2, 0.25) is 0 Å². The molecule has 0 radical (unpaired) electrons. The summed E-state index contributed by atoms with van der Waals surface area (Å²) in [7, 11) is 0. The molecule has 134 valence electrons. The van der Waals surface area contributed by atoms with Crippen molar-refractivity contribution in [3.8, 4) is 0 Å². The van der Waals surface area contributed by atoms with E-state index in [1.807, 2.05) is 30.5 Å². The highest BCUT2D eigenvalue weighted by Gasteiger charge is 2.46. The number of benzene rings is 1. The summed E-state index contributed by atoms with van der Waals surface area (Å²) in [4.78, 5) is 43.0. The lowest BCUT2D eigenvalue weighted by Crippen LogP contribution is -2.42. The van der Waals surface area contributed by atoms with Crippen molar-refractivity contribution >= 4 is 34.9 Å². The number of rotatable bonds is 4. The number of urea groups is 1. The summed E-state index contributed by atoms with van der Waals surface area (Å²) in [5.74, 6) is -1.54. The maximum absolute atomic E-state index is 12.8. The Balaban J connectivity index is 1.55. The van der Waals surface area contributed by atoms with E-state index in [4.69, 9.17) is 0 Å². The molecule has 0 spiro atoms. The number of aryl methyl sites for hydroxylation is 1. The zero-order valence-electron chi connectivity index (χ0n) is 14.4. The highest BCUT2D eigenvalue weighted by molar-refractivity contribution is 7.10. The number of imide groups is 2. The van der Waals surface area contributed by atoms with Gasteiger partial charge in [0.15, 0.2) is 0 Å². The summed E-state index contributed by atoms with van der Waals surface area (Å²) in [6.07, 6.45) is 2.00. The summed E-state index contributed by atoms with van der Waals surface area (Å²) >= 11 is 1.68. The third-order valence-corrected chi connectivity index (χ3v) is 5.88. The van der Waals surface area contributed by atoms with E-state index in [1.165, 1.54) is 4.88 Å². The first-order chi connectivity index (χ1) is 12.6. The van der Waals surface area contributed by atoms with E-state index in [0.29, 0.717) is 5.69 Å². The molecule has 0 bridgehead atoms. The normalized spacial score (nSPS) is 21.3. The zero-order chi connectivity index (χ0) is 18.3. The van der Waals surface area contributed by atoms with Gasteiger partial charge in [0.05, 0.1) is 12.4 Å². The SMILES string of the molecule is Cc1ccc(N2C(=O)C(=O)N(CN3CCC[C@H]3c3cccs3)C2=O)cc1. The molecule has 4 amide bonds. The molecule has 0 N–H and O–H groups in total. The zero-order valence-corrected chi connectivity index (χ0v) is 15.2. The largest absolute Gasteiger partial charge is 0.340 e. The van der Waals surface area contributed by atoms with Gasteiger partial charge in [0.25, 0.3) is 0 Å². The van der Waals surface area contributed by atoms with Gasteiger partial charge >= 0.3 is 17.8 Å². The Morgan fingerprint density at radius 1 is 1.08 bits per heavy atom. The van der Waals surface area contributed by atoms with Gasteiger partial charge in [-0.3, -0.25) is 14.5 Å². The number of carbonyl (C=O) groups excluding carboxylic acids is 3. The minimum atomic E-state index is -0.786. The summed E-state index contributed by atoms with van der Waals surface area (Å²) < 4.78 is 0. The van der Waals surface area contributed by atoms with E-state index in [1.54, 1.807) is 23.5 Å². The van der Waals surface area contributed by atoms with E-state index < -0.39 is 17.8 Å². The minimum Gasteiger partial charge on any atom is -0.278 e. The van der Waals surface area contributed by atoms with E-state index in [9.17, 15) is 14.4 Å². The van der Waals surface area contributed by atoms with Crippen molar-refractivity contribution in [1.29, 1.82) is 0 Å². The number of amides is 4. The van der Waals surface area contributed by atoms with Crippen LogP contribution in [-0.2, 0) is 9.59 Å². The van der Waals surface area contributed by atoms with Crippen molar-refractivity contribution < 1.29 is 14.4 Å². The van der Waals surface area contributed by atoms with Crippen LogP contribution < -0.4 is 4.90 Å². The number of hydrogen-bond donors (Lipinski definition) is 0.